The minimum absolute atomic E-state index is 0.0803. The number of benzene rings is 1. The summed E-state index contributed by atoms with van der Waals surface area (Å²) in [6.45, 7) is 1.28. The summed E-state index contributed by atoms with van der Waals surface area (Å²) in [6.07, 6.45) is 1.93. The summed E-state index contributed by atoms with van der Waals surface area (Å²) in [5.74, 6) is -1.58. The monoisotopic (exact) mass is 227 g/mol. The molecule has 0 unspecified atom stereocenters. The van der Waals surface area contributed by atoms with Gasteiger partial charge in [-0.05, 0) is 25.5 Å². The fourth-order valence-electron chi connectivity index (χ4n) is 2.20. The van der Waals surface area contributed by atoms with Gasteiger partial charge < -0.3 is 5.11 Å². The summed E-state index contributed by atoms with van der Waals surface area (Å²) in [4.78, 5) is 2.00. The van der Waals surface area contributed by atoms with Crippen LogP contribution in [0.4, 0.5) is 8.78 Å². The Morgan fingerprint density at radius 1 is 1.38 bits per heavy atom. The third kappa shape index (κ3) is 2.23. The molecule has 2 nitrogen and oxygen atoms in total. The topological polar surface area (TPSA) is 23.5 Å². The zero-order chi connectivity index (χ0) is 11.5. The third-order valence-electron chi connectivity index (χ3n) is 3.11. The smallest absolute Gasteiger partial charge is 0.163 e. The highest BCUT2D eigenvalue weighted by Gasteiger charge is 2.24. The van der Waals surface area contributed by atoms with E-state index in [0.29, 0.717) is 12.1 Å². The molecule has 1 aliphatic rings. The molecule has 4 heteroatoms. The standard InChI is InChI=1S/C12H15F2NO/c13-11-5-1-3-9(12(11)14)7-15-6-2-4-10(15)8-16/h1,3,5,10,16H,2,4,6-8H2/t10-/m1/s1. The first-order valence-corrected chi connectivity index (χ1v) is 5.50. The molecule has 0 saturated carbocycles. The molecule has 0 radical (unpaired) electrons. The van der Waals surface area contributed by atoms with E-state index in [2.05, 4.69) is 0 Å². The molecule has 16 heavy (non-hydrogen) atoms. The predicted octanol–water partition coefficient (Wildman–Crippen LogP) is 1.92. The molecular formula is C12H15F2NO. The molecule has 1 aromatic carbocycles. The fraction of sp³-hybridized carbons (Fsp3) is 0.500. The highest BCUT2D eigenvalue weighted by atomic mass is 19.2. The van der Waals surface area contributed by atoms with Gasteiger partial charge in [-0.3, -0.25) is 4.90 Å². The van der Waals surface area contributed by atoms with Gasteiger partial charge in [0.1, 0.15) is 0 Å². The number of aliphatic hydroxyl groups is 1. The second-order valence-electron chi connectivity index (χ2n) is 4.16. The normalized spacial score (nSPS) is 21.6. The second kappa shape index (κ2) is 4.89. The fourth-order valence-corrected chi connectivity index (χ4v) is 2.20. The lowest BCUT2D eigenvalue weighted by Crippen LogP contribution is -2.32. The molecule has 2 rings (SSSR count). The molecule has 1 heterocycles. The van der Waals surface area contributed by atoms with Crippen molar-refractivity contribution < 1.29 is 13.9 Å². The maximum absolute atomic E-state index is 13.4. The van der Waals surface area contributed by atoms with Gasteiger partial charge in [0.05, 0.1) is 6.61 Å². The van der Waals surface area contributed by atoms with Gasteiger partial charge in [-0.1, -0.05) is 12.1 Å². The molecule has 0 spiro atoms. The Labute approximate surface area is 93.5 Å². The molecule has 0 aliphatic carbocycles. The highest BCUT2D eigenvalue weighted by Crippen LogP contribution is 2.21. The van der Waals surface area contributed by atoms with Crippen LogP contribution in [0.25, 0.3) is 0 Å². The molecule has 1 N–H and O–H groups in total. The van der Waals surface area contributed by atoms with E-state index in [1.165, 1.54) is 6.07 Å². The Kier molecular flexibility index (Phi) is 3.51. The van der Waals surface area contributed by atoms with Crippen molar-refractivity contribution >= 4 is 0 Å². The van der Waals surface area contributed by atoms with Crippen LogP contribution in [0.15, 0.2) is 18.2 Å². The van der Waals surface area contributed by atoms with Crippen LogP contribution in [0.2, 0.25) is 0 Å². The van der Waals surface area contributed by atoms with Crippen LogP contribution in [0.1, 0.15) is 18.4 Å². The first kappa shape index (κ1) is 11.5. The Bertz CT molecular complexity index is 370. The number of rotatable bonds is 3. The SMILES string of the molecule is OC[C@H]1CCCN1Cc1cccc(F)c1F. The van der Waals surface area contributed by atoms with E-state index in [0.717, 1.165) is 25.5 Å². The van der Waals surface area contributed by atoms with Gasteiger partial charge in [0.25, 0.3) is 0 Å². The average molecular weight is 227 g/mol. The Morgan fingerprint density at radius 2 is 2.19 bits per heavy atom. The predicted molar refractivity (Wildman–Crippen MR) is 56.9 cm³/mol. The number of hydrogen-bond donors (Lipinski definition) is 1. The lowest BCUT2D eigenvalue weighted by atomic mass is 10.1. The molecule has 0 aromatic heterocycles. The van der Waals surface area contributed by atoms with Gasteiger partial charge in [0.2, 0.25) is 0 Å². The maximum atomic E-state index is 13.4. The quantitative estimate of drug-likeness (QED) is 0.852. The van der Waals surface area contributed by atoms with Crippen LogP contribution < -0.4 is 0 Å². The van der Waals surface area contributed by atoms with Crippen molar-refractivity contribution in [3.63, 3.8) is 0 Å². The van der Waals surface area contributed by atoms with Crippen molar-refractivity contribution in [1.29, 1.82) is 0 Å². The largest absolute Gasteiger partial charge is 0.395 e. The van der Waals surface area contributed by atoms with Crippen molar-refractivity contribution in [2.75, 3.05) is 13.2 Å². The minimum Gasteiger partial charge on any atom is -0.395 e. The van der Waals surface area contributed by atoms with E-state index in [1.54, 1.807) is 6.07 Å². The first-order valence-electron chi connectivity index (χ1n) is 5.50. The Morgan fingerprint density at radius 3 is 2.94 bits per heavy atom. The number of likely N-dealkylation sites (tertiary alicyclic amines) is 1. The molecule has 1 aliphatic heterocycles. The van der Waals surface area contributed by atoms with Gasteiger partial charge >= 0.3 is 0 Å². The Balaban J connectivity index is 2.11. The van der Waals surface area contributed by atoms with E-state index in [1.807, 2.05) is 4.90 Å². The van der Waals surface area contributed by atoms with Crippen molar-refractivity contribution in [1.82, 2.24) is 4.90 Å². The summed E-state index contributed by atoms with van der Waals surface area (Å²) in [5.41, 5.74) is 0.361. The van der Waals surface area contributed by atoms with E-state index in [4.69, 9.17) is 5.11 Å². The molecule has 88 valence electrons. The zero-order valence-corrected chi connectivity index (χ0v) is 9.00. The lowest BCUT2D eigenvalue weighted by molar-refractivity contribution is 0.152. The maximum Gasteiger partial charge on any atom is 0.163 e. The minimum atomic E-state index is -0.808. The molecule has 1 fully saturated rings. The van der Waals surface area contributed by atoms with Gasteiger partial charge in [0.15, 0.2) is 11.6 Å². The van der Waals surface area contributed by atoms with Crippen molar-refractivity contribution in [3.05, 3.63) is 35.4 Å². The summed E-state index contributed by atoms with van der Waals surface area (Å²) in [5, 5.41) is 9.13. The van der Waals surface area contributed by atoms with E-state index >= 15 is 0 Å². The molecular weight excluding hydrogens is 212 g/mol. The van der Waals surface area contributed by atoms with Crippen molar-refractivity contribution in [2.45, 2.75) is 25.4 Å². The van der Waals surface area contributed by atoms with Crippen LogP contribution in [0, 0.1) is 11.6 Å². The van der Waals surface area contributed by atoms with Gasteiger partial charge in [0, 0.05) is 18.2 Å². The average Bonchev–Trinajstić information content (AvgIpc) is 2.72. The van der Waals surface area contributed by atoms with E-state index < -0.39 is 11.6 Å². The van der Waals surface area contributed by atoms with Crippen molar-refractivity contribution in [3.8, 4) is 0 Å². The number of halogens is 2. The van der Waals surface area contributed by atoms with Crippen LogP contribution in [-0.4, -0.2) is 29.2 Å². The van der Waals surface area contributed by atoms with Gasteiger partial charge in [-0.25, -0.2) is 8.78 Å². The van der Waals surface area contributed by atoms with Crippen LogP contribution in [-0.2, 0) is 6.54 Å². The summed E-state index contributed by atoms with van der Waals surface area (Å²) in [7, 11) is 0. The first-order chi connectivity index (χ1) is 7.72. The van der Waals surface area contributed by atoms with Crippen LogP contribution in [0.3, 0.4) is 0 Å². The van der Waals surface area contributed by atoms with Crippen LogP contribution in [0.5, 0.6) is 0 Å². The zero-order valence-electron chi connectivity index (χ0n) is 9.00. The van der Waals surface area contributed by atoms with E-state index in [-0.39, 0.29) is 12.6 Å². The summed E-state index contributed by atoms with van der Waals surface area (Å²) >= 11 is 0. The molecule has 0 bridgehead atoms. The van der Waals surface area contributed by atoms with E-state index in [9.17, 15) is 8.78 Å². The third-order valence-corrected chi connectivity index (χ3v) is 3.11. The highest BCUT2D eigenvalue weighted by molar-refractivity contribution is 5.19. The van der Waals surface area contributed by atoms with Gasteiger partial charge in [-0.15, -0.1) is 0 Å². The van der Waals surface area contributed by atoms with Gasteiger partial charge in [-0.2, -0.15) is 0 Å². The molecule has 0 amide bonds. The summed E-state index contributed by atoms with van der Waals surface area (Å²) in [6, 6.07) is 4.30. The van der Waals surface area contributed by atoms with Crippen molar-refractivity contribution in [2.24, 2.45) is 0 Å². The lowest BCUT2D eigenvalue weighted by Gasteiger charge is -2.22. The number of aliphatic hydroxyl groups excluding tert-OH is 1. The van der Waals surface area contributed by atoms with Crippen LogP contribution >= 0.6 is 0 Å². The molecule has 1 atom stereocenters. The Hall–Kier alpha value is -1.00. The number of nitrogens with zero attached hydrogens (tertiary/aromatic N) is 1. The molecule has 1 saturated heterocycles. The second-order valence-corrected chi connectivity index (χ2v) is 4.16. The summed E-state index contributed by atoms with van der Waals surface area (Å²) < 4.78 is 26.4. The molecule has 1 aromatic rings. The number of hydrogen-bond acceptors (Lipinski definition) is 2.